The molecule has 0 atom stereocenters. The largest absolute Gasteiger partial charge is 0.501 e. The highest BCUT2D eigenvalue weighted by Crippen LogP contribution is 2.22. The van der Waals surface area contributed by atoms with E-state index in [0.717, 1.165) is 18.9 Å². The van der Waals surface area contributed by atoms with Crippen molar-refractivity contribution >= 4 is 0 Å². The average molecular weight is 196 g/mol. The molecule has 0 aromatic heterocycles. The smallest absolute Gasteiger partial charge is 0.0901 e. The fourth-order valence-electron chi connectivity index (χ4n) is 2.02. The third-order valence-corrected chi connectivity index (χ3v) is 2.95. The first-order valence-electron chi connectivity index (χ1n) is 6.20. The van der Waals surface area contributed by atoms with Crippen molar-refractivity contribution in [1.29, 1.82) is 0 Å². The maximum atomic E-state index is 5.55. The topological polar surface area (TPSA) is 9.23 Å². The normalized spacial score (nSPS) is 19.8. The van der Waals surface area contributed by atoms with Crippen molar-refractivity contribution in [2.45, 2.75) is 58.3 Å². The van der Waals surface area contributed by atoms with Gasteiger partial charge in [0.1, 0.15) is 0 Å². The van der Waals surface area contributed by atoms with Crippen molar-refractivity contribution in [3.05, 3.63) is 12.3 Å². The van der Waals surface area contributed by atoms with E-state index in [-0.39, 0.29) is 0 Å². The summed E-state index contributed by atoms with van der Waals surface area (Å²) in [6, 6.07) is 0. The molecule has 1 aliphatic carbocycles. The number of hydrogen-bond donors (Lipinski definition) is 0. The molecule has 1 heteroatoms. The Morgan fingerprint density at radius 2 is 1.86 bits per heavy atom. The molecule has 0 spiro atoms. The monoisotopic (exact) mass is 196 g/mol. The first-order valence-corrected chi connectivity index (χ1v) is 6.20. The van der Waals surface area contributed by atoms with E-state index in [1.807, 2.05) is 6.26 Å². The Morgan fingerprint density at radius 1 is 1.14 bits per heavy atom. The van der Waals surface area contributed by atoms with Crippen molar-refractivity contribution in [2.75, 3.05) is 6.61 Å². The van der Waals surface area contributed by atoms with Crippen molar-refractivity contribution in [3.8, 4) is 0 Å². The van der Waals surface area contributed by atoms with Crippen LogP contribution in [0.5, 0.6) is 0 Å². The molecule has 0 radical (unpaired) electrons. The Morgan fingerprint density at radius 3 is 2.50 bits per heavy atom. The summed E-state index contributed by atoms with van der Waals surface area (Å²) >= 11 is 0. The Labute approximate surface area is 88.5 Å². The third kappa shape index (κ3) is 5.31. The van der Waals surface area contributed by atoms with E-state index < -0.39 is 0 Å². The quantitative estimate of drug-likeness (QED) is 0.471. The molecule has 0 unspecified atom stereocenters. The van der Waals surface area contributed by atoms with Crippen molar-refractivity contribution in [2.24, 2.45) is 5.92 Å². The zero-order valence-electron chi connectivity index (χ0n) is 9.50. The van der Waals surface area contributed by atoms with Gasteiger partial charge in [0.2, 0.25) is 0 Å². The number of rotatable bonds is 5. The molecular formula is C13H24O. The lowest BCUT2D eigenvalue weighted by Crippen LogP contribution is -2.05. The van der Waals surface area contributed by atoms with Crippen LogP contribution < -0.4 is 0 Å². The SMILES string of the molecule is CCC/C=C/OCC1CCCCCC1. The Hall–Kier alpha value is -0.460. The van der Waals surface area contributed by atoms with E-state index >= 15 is 0 Å². The van der Waals surface area contributed by atoms with Crippen LogP contribution in [-0.4, -0.2) is 6.61 Å². The molecular weight excluding hydrogens is 172 g/mol. The number of ether oxygens (including phenoxy) is 1. The Kier molecular flexibility index (Phi) is 6.55. The van der Waals surface area contributed by atoms with E-state index in [9.17, 15) is 0 Å². The van der Waals surface area contributed by atoms with E-state index in [4.69, 9.17) is 4.74 Å². The van der Waals surface area contributed by atoms with Crippen LogP contribution in [0.1, 0.15) is 58.3 Å². The first kappa shape index (κ1) is 11.6. The lowest BCUT2D eigenvalue weighted by Gasteiger charge is -2.12. The van der Waals surface area contributed by atoms with Crippen LogP contribution >= 0.6 is 0 Å². The summed E-state index contributed by atoms with van der Waals surface area (Å²) in [6.45, 7) is 3.13. The van der Waals surface area contributed by atoms with Crippen molar-refractivity contribution in [1.82, 2.24) is 0 Å². The minimum Gasteiger partial charge on any atom is -0.501 e. The van der Waals surface area contributed by atoms with Crippen LogP contribution in [0.15, 0.2) is 12.3 Å². The van der Waals surface area contributed by atoms with Gasteiger partial charge in [0.25, 0.3) is 0 Å². The van der Waals surface area contributed by atoms with Gasteiger partial charge in [-0.05, 0) is 31.3 Å². The average Bonchev–Trinajstić information content (AvgIpc) is 2.46. The highest BCUT2D eigenvalue weighted by Gasteiger charge is 2.11. The maximum absolute atomic E-state index is 5.55. The van der Waals surface area contributed by atoms with Gasteiger partial charge in [-0.3, -0.25) is 0 Å². The van der Waals surface area contributed by atoms with Crippen LogP contribution in [0, 0.1) is 5.92 Å². The maximum Gasteiger partial charge on any atom is 0.0901 e. The van der Waals surface area contributed by atoms with Crippen LogP contribution in [0.2, 0.25) is 0 Å². The molecule has 82 valence electrons. The Balaban J connectivity index is 2.04. The lowest BCUT2D eigenvalue weighted by atomic mass is 10.0. The van der Waals surface area contributed by atoms with Crippen molar-refractivity contribution in [3.63, 3.8) is 0 Å². The minimum absolute atomic E-state index is 0.823. The predicted octanol–water partition coefficient (Wildman–Crippen LogP) is 4.29. The summed E-state index contributed by atoms with van der Waals surface area (Å²) in [4.78, 5) is 0. The summed E-state index contributed by atoms with van der Waals surface area (Å²) in [5, 5.41) is 0. The molecule has 0 aromatic rings. The van der Waals surface area contributed by atoms with Crippen LogP contribution in [-0.2, 0) is 4.74 Å². The highest BCUT2D eigenvalue weighted by molar-refractivity contribution is 4.73. The van der Waals surface area contributed by atoms with E-state index in [0.29, 0.717) is 0 Å². The molecule has 0 N–H and O–H groups in total. The van der Waals surface area contributed by atoms with Crippen LogP contribution in [0.25, 0.3) is 0 Å². The fraction of sp³-hybridized carbons (Fsp3) is 0.846. The molecule has 1 aliphatic rings. The molecule has 0 amide bonds. The molecule has 1 fully saturated rings. The van der Waals surface area contributed by atoms with E-state index in [2.05, 4.69) is 13.0 Å². The van der Waals surface area contributed by atoms with Gasteiger partial charge in [-0.2, -0.15) is 0 Å². The Bertz CT molecular complexity index is 143. The van der Waals surface area contributed by atoms with Gasteiger partial charge in [-0.15, -0.1) is 0 Å². The molecule has 1 saturated carbocycles. The molecule has 0 aliphatic heterocycles. The molecule has 0 saturated heterocycles. The van der Waals surface area contributed by atoms with Gasteiger partial charge in [-0.25, -0.2) is 0 Å². The second-order valence-electron chi connectivity index (χ2n) is 4.35. The summed E-state index contributed by atoms with van der Waals surface area (Å²) < 4.78 is 5.55. The summed E-state index contributed by atoms with van der Waals surface area (Å²) in [7, 11) is 0. The third-order valence-electron chi connectivity index (χ3n) is 2.95. The standard InChI is InChI=1S/C13H24O/c1-2-3-8-11-14-12-13-9-6-4-5-7-10-13/h8,11,13H,2-7,9-10,12H2,1H3/b11-8+. The molecule has 1 nitrogen and oxygen atoms in total. The zero-order chi connectivity index (χ0) is 10.1. The van der Waals surface area contributed by atoms with Gasteiger partial charge >= 0.3 is 0 Å². The number of allylic oxidation sites excluding steroid dienone is 1. The molecule has 0 heterocycles. The van der Waals surface area contributed by atoms with Crippen LogP contribution in [0.4, 0.5) is 0 Å². The molecule has 14 heavy (non-hydrogen) atoms. The van der Waals surface area contributed by atoms with E-state index in [1.165, 1.54) is 44.9 Å². The molecule has 0 aromatic carbocycles. The van der Waals surface area contributed by atoms with Gasteiger partial charge < -0.3 is 4.74 Å². The summed E-state index contributed by atoms with van der Waals surface area (Å²) in [5.41, 5.74) is 0. The first-order chi connectivity index (χ1) is 6.93. The highest BCUT2D eigenvalue weighted by atomic mass is 16.5. The fourth-order valence-corrected chi connectivity index (χ4v) is 2.02. The van der Waals surface area contributed by atoms with Crippen LogP contribution in [0.3, 0.4) is 0 Å². The molecule has 1 rings (SSSR count). The van der Waals surface area contributed by atoms with Gasteiger partial charge in [0.05, 0.1) is 12.9 Å². The predicted molar refractivity (Wildman–Crippen MR) is 61.2 cm³/mol. The van der Waals surface area contributed by atoms with E-state index in [1.54, 1.807) is 0 Å². The minimum atomic E-state index is 0.823. The summed E-state index contributed by atoms with van der Waals surface area (Å²) in [6.07, 6.45) is 14.8. The van der Waals surface area contributed by atoms with Crippen molar-refractivity contribution < 1.29 is 4.74 Å². The van der Waals surface area contributed by atoms with Gasteiger partial charge in [-0.1, -0.05) is 39.0 Å². The van der Waals surface area contributed by atoms with Gasteiger partial charge in [0.15, 0.2) is 0 Å². The second kappa shape index (κ2) is 7.90. The summed E-state index contributed by atoms with van der Waals surface area (Å²) in [5.74, 6) is 0.823. The zero-order valence-corrected chi connectivity index (χ0v) is 9.50. The second-order valence-corrected chi connectivity index (χ2v) is 4.35. The number of hydrogen-bond acceptors (Lipinski definition) is 1. The number of unbranched alkanes of at least 4 members (excludes halogenated alkanes) is 1. The lowest BCUT2D eigenvalue weighted by molar-refractivity contribution is 0.182. The molecule has 0 bridgehead atoms. The van der Waals surface area contributed by atoms with Gasteiger partial charge in [0, 0.05) is 0 Å².